The minimum absolute atomic E-state index is 0.437. The van der Waals surface area contributed by atoms with Gasteiger partial charge in [-0.25, -0.2) is 4.79 Å². The Balaban J connectivity index is 2.58. The smallest absolute Gasteiger partial charge is 0.316 e. The number of carbonyl (C=O) groups excluding carboxylic acids is 1. The van der Waals surface area contributed by atoms with E-state index in [1.54, 1.807) is 12.1 Å². The number of benzene rings is 1. The maximum absolute atomic E-state index is 10.7. The maximum Gasteiger partial charge on any atom is 0.316 e. The lowest BCUT2D eigenvalue weighted by atomic mass is 10.2. The standard InChI is InChI=1S/C11H13N5O/c12-11(17)15-10-6-3-5-9(8-10)4-1-2-7-14-16-13/h1,3-6,8H,2,7H2,(H3,12,15,17). The molecule has 0 fully saturated rings. The van der Waals surface area contributed by atoms with Crippen molar-refractivity contribution in [3.05, 3.63) is 46.3 Å². The van der Waals surface area contributed by atoms with Gasteiger partial charge in [0, 0.05) is 17.1 Å². The Morgan fingerprint density at radius 1 is 1.59 bits per heavy atom. The zero-order valence-corrected chi connectivity index (χ0v) is 9.21. The first-order valence-corrected chi connectivity index (χ1v) is 5.06. The van der Waals surface area contributed by atoms with E-state index >= 15 is 0 Å². The number of carbonyl (C=O) groups is 1. The molecule has 0 heterocycles. The van der Waals surface area contributed by atoms with E-state index in [-0.39, 0.29) is 0 Å². The molecule has 0 saturated heterocycles. The third kappa shape index (κ3) is 5.25. The van der Waals surface area contributed by atoms with Crippen LogP contribution in [-0.4, -0.2) is 12.6 Å². The van der Waals surface area contributed by atoms with Crippen LogP contribution in [-0.2, 0) is 0 Å². The number of nitrogens with one attached hydrogen (secondary N) is 1. The van der Waals surface area contributed by atoms with Gasteiger partial charge >= 0.3 is 6.03 Å². The van der Waals surface area contributed by atoms with Gasteiger partial charge in [-0.05, 0) is 29.6 Å². The molecule has 1 rings (SSSR count). The molecule has 17 heavy (non-hydrogen) atoms. The number of amides is 2. The lowest BCUT2D eigenvalue weighted by Gasteiger charge is -2.02. The first-order chi connectivity index (χ1) is 8.22. The molecule has 1 aromatic rings. The van der Waals surface area contributed by atoms with E-state index in [1.807, 2.05) is 24.3 Å². The predicted molar refractivity (Wildman–Crippen MR) is 67.3 cm³/mol. The highest BCUT2D eigenvalue weighted by molar-refractivity contribution is 5.88. The van der Waals surface area contributed by atoms with Gasteiger partial charge in [-0.2, -0.15) is 0 Å². The van der Waals surface area contributed by atoms with Crippen LogP contribution in [0, 0.1) is 0 Å². The van der Waals surface area contributed by atoms with E-state index in [1.165, 1.54) is 0 Å². The molecule has 0 aromatic heterocycles. The number of rotatable bonds is 5. The second-order valence-corrected chi connectivity index (χ2v) is 3.26. The lowest BCUT2D eigenvalue weighted by Crippen LogP contribution is -2.19. The van der Waals surface area contributed by atoms with Crippen molar-refractivity contribution in [2.75, 3.05) is 11.9 Å². The molecule has 1 aromatic carbocycles. The Kier molecular flexibility index (Phi) is 5.13. The quantitative estimate of drug-likeness (QED) is 0.346. The number of primary amides is 1. The van der Waals surface area contributed by atoms with Crippen LogP contribution >= 0.6 is 0 Å². The molecule has 0 radical (unpaired) electrons. The molecule has 3 N–H and O–H groups in total. The molecule has 0 spiro atoms. The van der Waals surface area contributed by atoms with Gasteiger partial charge in [0.05, 0.1) is 0 Å². The summed E-state index contributed by atoms with van der Waals surface area (Å²) in [5.74, 6) is 0. The minimum Gasteiger partial charge on any atom is -0.351 e. The number of nitrogens with two attached hydrogens (primary N) is 1. The van der Waals surface area contributed by atoms with Gasteiger partial charge in [0.25, 0.3) is 0 Å². The van der Waals surface area contributed by atoms with Crippen molar-refractivity contribution in [3.63, 3.8) is 0 Å². The number of nitrogens with zero attached hydrogens (tertiary/aromatic N) is 3. The molecule has 0 unspecified atom stereocenters. The number of anilines is 1. The van der Waals surface area contributed by atoms with Crippen molar-refractivity contribution in [1.82, 2.24) is 0 Å². The average Bonchev–Trinajstić information content (AvgIpc) is 2.28. The van der Waals surface area contributed by atoms with Crippen LogP contribution in [0.5, 0.6) is 0 Å². The van der Waals surface area contributed by atoms with Crippen molar-refractivity contribution in [1.29, 1.82) is 0 Å². The Morgan fingerprint density at radius 2 is 2.41 bits per heavy atom. The van der Waals surface area contributed by atoms with Crippen LogP contribution < -0.4 is 11.1 Å². The second-order valence-electron chi connectivity index (χ2n) is 3.26. The van der Waals surface area contributed by atoms with Gasteiger partial charge in [-0.1, -0.05) is 29.4 Å². The Hall–Kier alpha value is -2.46. The highest BCUT2D eigenvalue weighted by Gasteiger charge is 1.95. The molecule has 2 amide bonds. The van der Waals surface area contributed by atoms with Crippen LogP contribution in [0.1, 0.15) is 12.0 Å². The highest BCUT2D eigenvalue weighted by Crippen LogP contribution is 2.11. The first kappa shape index (κ1) is 12.6. The lowest BCUT2D eigenvalue weighted by molar-refractivity contribution is 0.259. The monoisotopic (exact) mass is 231 g/mol. The third-order valence-electron chi connectivity index (χ3n) is 1.92. The molecule has 0 aliphatic carbocycles. The largest absolute Gasteiger partial charge is 0.351 e. The normalized spacial score (nSPS) is 9.88. The fourth-order valence-corrected chi connectivity index (χ4v) is 1.26. The summed E-state index contributed by atoms with van der Waals surface area (Å²) in [6, 6.07) is 6.68. The van der Waals surface area contributed by atoms with Crippen molar-refractivity contribution in [2.45, 2.75) is 6.42 Å². The van der Waals surface area contributed by atoms with Gasteiger partial charge < -0.3 is 11.1 Å². The molecule has 6 nitrogen and oxygen atoms in total. The summed E-state index contributed by atoms with van der Waals surface area (Å²) >= 11 is 0. The molecule has 6 heteroatoms. The number of azide groups is 1. The SMILES string of the molecule is [N-]=[N+]=NCCC=Cc1cccc(NC(N)=O)c1. The molecule has 0 aliphatic rings. The van der Waals surface area contributed by atoms with E-state index in [9.17, 15) is 4.79 Å². The molecule has 0 bridgehead atoms. The zero-order chi connectivity index (χ0) is 12.5. The molecule has 0 saturated carbocycles. The Labute approximate surface area is 98.8 Å². The van der Waals surface area contributed by atoms with Gasteiger partial charge in [0.2, 0.25) is 0 Å². The van der Waals surface area contributed by atoms with Crippen LogP contribution in [0.15, 0.2) is 35.5 Å². The Bertz CT molecular complexity index is 463. The van der Waals surface area contributed by atoms with Crippen LogP contribution in [0.2, 0.25) is 0 Å². The van der Waals surface area contributed by atoms with Crippen molar-refractivity contribution in [3.8, 4) is 0 Å². The summed E-state index contributed by atoms with van der Waals surface area (Å²) in [5, 5.41) is 5.91. The molecular formula is C11H13N5O. The zero-order valence-electron chi connectivity index (χ0n) is 9.21. The Morgan fingerprint density at radius 3 is 3.12 bits per heavy atom. The molecule has 88 valence electrons. The van der Waals surface area contributed by atoms with E-state index in [0.29, 0.717) is 18.7 Å². The van der Waals surface area contributed by atoms with Gasteiger partial charge in [0.15, 0.2) is 0 Å². The van der Waals surface area contributed by atoms with Crippen LogP contribution in [0.3, 0.4) is 0 Å². The van der Waals surface area contributed by atoms with E-state index < -0.39 is 6.03 Å². The van der Waals surface area contributed by atoms with E-state index in [0.717, 1.165) is 5.56 Å². The summed E-state index contributed by atoms with van der Waals surface area (Å²) in [7, 11) is 0. The number of hydrogen-bond donors (Lipinski definition) is 2. The minimum atomic E-state index is -0.588. The number of hydrogen-bond acceptors (Lipinski definition) is 2. The summed E-state index contributed by atoms with van der Waals surface area (Å²) < 4.78 is 0. The fraction of sp³-hybridized carbons (Fsp3) is 0.182. The number of urea groups is 1. The molecule has 0 atom stereocenters. The third-order valence-corrected chi connectivity index (χ3v) is 1.92. The van der Waals surface area contributed by atoms with Crippen molar-refractivity contribution in [2.24, 2.45) is 10.8 Å². The predicted octanol–water partition coefficient (Wildman–Crippen LogP) is 2.89. The van der Waals surface area contributed by atoms with E-state index in [2.05, 4.69) is 15.3 Å². The van der Waals surface area contributed by atoms with Crippen LogP contribution in [0.4, 0.5) is 10.5 Å². The topological polar surface area (TPSA) is 104 Å². The average molecular weight is 231 g/mol. The van der Waals surface area contributed by atoms with Gasteiger partial charge in [-0.15, -0.1) is 0 Å². The summed E-state index contributed by atoms with van der Waals surface area (Å²) in [5.41, 5.74) is 14.7. The molecule has 0 aliphatic heterocycles. The van der Waals surface area contributed by atoms with E-state index in [4.69, 9.17) is 11.3 Å². The first-order valence-electron chi connectivity index (χ1n) is 5.06. The maximum atomic E-state index is 10.7. The van der Waals surface area contributed by atoms with Gasteiger partial charge in [0.1, 0.15) is 0 Å². The summed E-state index contributed by atoms with van der Waals surface area (Å²) in [6.45, 7) is 0.437. The summed E-state index contributed by atoms with van der Waals surface area (Å²) in [4.78, 5) is 13.3. The van der Waals surface area contributed by atoms with Crippen LogP contribution in [0.25, 0.3) is 16.5 Å². The van der Waals surface area contributed by atoms with Crippen molar-refractivity contribution >= 4 is 17.8 Å². The highest BCUT2D eigenvalue weighted by atomic mass is 16.2. The molecular weight excluding hydrogens is 218 g/mol. The summed E-state index contributed by atoms with van der Waals surface area (Å²) in [6.07, 6.45) is 4.47. The fourth-order valence-electron chi connectivity index (χ4n) is 1.26. The van der Waals surface area contributed by atoms with Gasteiger partial charge in [-0.3, -0.25) is 0 Å². The second kappa shape index (κ2) is 6.92. The van der Waals surface area contributed by atoms with Crippen molar-refractivity contribution < 1.29 is 4.79 Å².